The number of nitrogens with one attached hydrogen (secondary N) is 1. The lowest BCUT2D eigenvalue weighted by atomic mass is 10.0. The molecule has 3 heterocycles. The van der Waals surface area contributed by atoms with Gasteiger partial charge in [-0.25, -0.2) is 4.79 Å². The largest absolute Gasteiger partial charge is 0.427 e. The predicted octanol–water partition coefficient (Wildman–Crippen LogP) is 0.990. The van der Waals surface area contributed by atoms with Crippen molar-refractivity contribution in [2.45, 2.75) is 25.8 Å². The highest BCUT2D eigenvalue weighted by molar-refractivity contribution is 5.96. The molecule has 0 spiro atoms. The van der Waals surface area contributed by atoms with Crippen molar-refractivity contribution in [3.63, 3.8) is 0 Å². The SMILES string of the molecule is Cc1cc(CCc2ccccc2)oc(=O)c1C(=O)N1CCN2CCNC(=O)C2C1. The minimum absolute atomic E-state index is 0.0613. The van der Waals surface area contributed by atoms with Crippen molar-refractivity contribution in [2.75, 3.05) is 32.7 Å². The maximum atomic E-state index is 13.0. The summed E-state index contributed by atoms with van der Waals surface area (Å²) in [7, 11) is 0. The molecule has 0 radical (unpaired) electrons. The highest BCUT2D eigenvalue weighted by Gasteiger charge is 2.37. The Morgan fingerprint density at radius 1 is 1.14 bits per heavy atom. The molecule has 1 unspecified atom stereocenters. The Morgan fingerprint density at radius 3 is 2.69 bits per heavy atom. The predicted molar refractivity (Wildman–Crippen MR) is 108 cm³/mol. The molecule has 1 N–H and O–H groups in total. The second kappa shape index (κ2) is 8.21. The summed E-state index contributed by atoms with van der Waals surface area (Å²) in [5.74, 6) is 0.155. The number of carbonyl (C=O) groups is 2. The molecule has 152 valence electrons. The number of rotatable bonds is 4. The van der Waals surface area contributed by atoms with E-state index in [4.69, 9.17) is 4.42 Å². The molecule has 7 heteroatoms. The van der Waals surface area contributed by atoms with E-state index in [-0.39, 0.29) is 23.4 Å². The Balaban J connectivity index is 1.48. The minimum Gasteiger partial charge on any atom is -0.427 e. The summed E-state index contributed by atoms with van der Waals surface area (Å²) in [6.07, 6.45) is 1.35. The fraction of sp³-hybridized carbons (Fsp3) is 0.409. The molecule has 0 aliphatic carbocycles. The number of hydrogen-bond acceptors (Lipinski definition) is 5. The third-order valence-electron chi connectivity index (χ3n) is 5.70. The van der Waals surface area contributed by atoms with Crippen LogP contribution < -0.4 is 10.9 Å². The second-order valence-corrected chi connectivity index (χ2v) is 7.64. The van der Waals surface area contributed by atoms with Crippen LogP contribution in [0.2, 0.25) is 0 Å². The number of nitrogens with zero attached hydrogens (tertiary/aromatic N) is 2. The topological polar surface area (TPSA) is 82.9 Å². The van der Waals surface area contributed by atoms with Crippen LogP contribution in [0, 0.1) is 6.92 Å². The standard InChI is InChI=1S/C22H25N3O4/c1-15-13-17(8-7-16-5-3-2-4-6-16)29-22(28)19(15)21(27)25-12-11-24-10-9-23-20(26)18(24)14-25/h2-6,13,18H,7-12,14H2,1H3,(H,23,26). The Kier molecular flexibility index (Phi) is 5.49. The fourth-order valence-corrected chi connectivity index (χ4v) is 4.09. The molecule has 2 amide bonds. The lowest BCUT2D eigenvalue weighted by Gasteiger charge is -2.42. The molecule has 0 bridgehead atoms. The molecule has 29 heavy (non-hydrogen) atoms. The summed E-state index contributed by atoms with van der Waals surface area (Å²) >= 11 is 0. The first-order valence-corrected chi connectivity index (χ1v) is 10.0. The van der Waals surface area contributed by atoms with E-state index in [2.05, 4.69) is 10.2 Å². The molecule has 2 fully saturated rings. The molecule has 2 saturated heterocycles. The van der Waals surface area contributed by atoms with Gasteiger partial charge in [0.1, 0.15) is 17.4 Å². The normalized spacial score (nSPS) is 19.6. The van der Waals surface area contributed by atoms with Crippen LogP contribution >= 0.6 is 0 Å². The zero-order chi connectivity index (χ0) is 20.4. The van der Waals surface area contributed by atoms with Gasteiger partial charge in [-0.1, -0.05) is 30.3 Å². The number of benzene rings is 1. The summed E-state index contributed by atoms with van der Waals surface area (Å²) in [5.41, 5.74) is 1.24. The molecule has 2 aliphatic rings. The zero-order valence-corrected chi connectivity index (χ0v) is 16.5. The van der Waals surface area contributed by atoms with Crippen LogP contribution in [0.25, 0.3) is 0 Å². The highest BCUT2D eigenvalue weighted by atomic mass is 16.4. The Morgan fingerprint density at radius 2 is 1.93 bits per heavy atom. The van der Waals surface area contributed by atoms with Gasteiger partial charge in [-0.2, -0.15) is 0 Å². The molecule has 1 atom stereocenters. The van der Waals surface area contributed by atoms with Crippen molar-refractivity contribution in [1.82, 2.24) is 15.1 Å². The average molecular weight is 395 g/mol. The van der Waals surface area contributed by atoms with Crippen molar-refractivity contribution < 1.29 is 14.0 Å². The van der Waals surface area contributed by atoms with Gasteiger partial charge in [0, 0.05) is 39.1 Å². The van der Waals surface area contributed by atoms with Gasteiger partial charge in [0.25, 0.3) is 5.91 Å². The van der Waals surface area contributed by atoms with Crippen molar-refractivity contribution >= 4 is 11.8 Å². The van der Waals surface area contributed by atoms with Crippen molar-refractivity contribution in [3.05, 3.63) is 69.3 Å². The van der Waals surface area contributed by atoms with Crippen LogP contribution in [0.15, 0.2) is 45.6 Å². The first kappa shape index (κ1) is 19.4. The van der Waals surface area contributed by atoms with Crippen LogP contribution in [0.3, 0.4) is 0 Å². The van der Waals surface area contributed by atoms with Gasteiger partial charge in [-0.3, -0.25) is 14.5 Å². The molecule has 2 aromatic rings. The first-order valence-electron chi connectivity index (χ1n) is 10.0. The van der Waals surface area contributed by atoms with E-state index in [1.807, 2.05) is 30.3 Å². The van der Waals surface area contributed by atoms with E-state index < -0.39 is 5.63 Å². The second-order valence-electron chi connectivity index (χ2n) is 7.64. The Labute approximate surface area is 169 Å². The van der Waals surface area contributed by atoms with E-state index in [1.54, 1.807) is 17.9 Å². The molecule has 0 saturated carbocycles. The van der Waals surface area contributed by atoms with Crippen molar-refractivity contribution in [3.8, 4) is 0 Å². The van der Waals surface area contributed by atoms with E-state index in [0.29, 0.717) is 43.9 Å². The molecular formula is C22H25N3O4. The number of carbonyl (C=O) groups excluding carboxylic acids is 2. The molecule has 1 aromatic heterocycles. The summed E-state index contributed by atoms with van der Waals surface area (Å²) in [4.78, 5) is 41.4. The van der Waals surface area contributed by atoms with Crippen molar-refractivity contribution in [2.24, 2.45) is 0 Å². The molecule has 1 aromatic carbocycles. The van der Waals surface area contributed by atoms with Gasteiger partial charge in [0.2, 0.25) is 5.91 Å². The molecular weight excluding hydrogens is 370 g/mol. The van der Waals surface area contributed by atoms with E-state index in [0.717, 1.165) is 18.5 Å². The number of hydrogen-bond donors (Lipinski definition) is 1. The maximum Gasteiger partial charge on any atom is 0.349 e. The van der Waals surface area contributed by atoms with Crippen LogP contribution in [0.1, 0.15) is 27.2 Å². The van der Waals surface area contributed by atoms with Gasteiger partial charge in [-0.05, 0) is 30.5 Å². The summed E-state index contributed by atoms with van der Waals surface area (Å²) in [6.45, 7) is 4.60. The average Bonchev–Trinajstić information content (AvgIpc) is 2.72. The number of amides is 2. The van der Waals surface area contributed by atoms with Gasteiger partial charge in [-0.15, -0.1) is 0 Å². The molecule has 2 aliphatic heterocycles. The number of aryl methyl sites for hydroxylation is 3. The fourth-order valence-electron chi connectivity index (χ4n) is 4.09. The third kappa shape index (κ3) is 4.10. The van der Waals surface area contributed by atoms with Gasteiger partial charge in [0.15, 0.2) is 0 Å². The van der Waals surface area contributed by atoms with Crippen LogP contribution in [-0.2, 0) is 17.6 Å². The molecule has 7 nitrogen and oxygen atoms in total. The highest BCUT2D eigenvalue weighted by Crippen LogP contribution is 2.17. The summed E-state index contributed by atoms with van der Waals surface area (Å²) < 4.78 is 5.46. The van der Waals surface area contributed by atoms with Gasteiger partial charge in [0.05, 0.1) is 0 Å². The quantitative estimate of drug-likeness (QED) is 0.835. The Hall–Kier alpha value is -2.93. The van der Waals surface area contributed by atoms with Gasteiger partial charge >= 0.3 is 5.63 Å². The molecule has 4 rings (SSSR count). The third-order valence-corrected chi connectivity index (χ3v) is 5.70. The monoisotopic (exact) mass is 395 g/mol. The number of piperazine rings is 2. The maximum absolute atomic E-state index is 13.0. The van der Waals surface area contributed by atoms with Gasteiger partial charge < -0.3 is 14.6 Å². The van der Waals surface area contributed by atoms with E-state index >= 15 is 0 Å². The number of fused-ring (bicyclic) bond motifs is 1. The van der Waals surface area contributed by atoms with Crippen LogP contribution in [0.5, 0.6) is 0 Å². The minimum atomic E-state index is -0.603. The van der Waals surface area contributed by atoms with Crippen LogP contribution in [-0.4, -0.2) is 60.4 Å². The van der Waals surface area contributed by atoms with Crippen LogP contribution in [0.4, 0.5) is 0 Å². The van der Waals surface area contributed by atoms with E-state index in [1.165, 1.54) is 0 Å². The smallest absolute Gasteiger partial charge is 0.349 e. The van der Waals surface area contributed by atoms with Crippen molar-refractivity contribution in [1.29, 1.82) is 0 Å². The summed E-state index contributed by atoms with van der Waals surface area (Å²) in [5, 5.41) is 2.84. The Bertz CT molecular complexity index is 970. The first-order chi connectivity index (χ1) is 14.0. The van der Waals surface area contributed by atoms with E-state index in [9.17, 15) is 14.4 Å². The zero-order valence-electron chi connectivity index (χ0n) is 16.5. The summed E-state index contributed by atoms with van der Waals surface area (Å²) in [6, 6.07) is 11.4. The lowest BCUT2D eigenvalue weighted by molar-refractivity contribution is -0.131. The lowest BCUT2D eigenvalue weighted by Crippen LogP contribution is -2.64.